The molecule has 4 rings (SSSR count). The van der Waals surface area contributed by atoms with Gasteiger partial charge in [-0.25, -0.2) is 0 Å². The van der Waals surface area contributed by atoms with E-state index in [0.717, 1.165) is 35.4 Å². The molecule has 5 nitrogen and oxygen atoms in total. The summed E-state index contributed by atoms with van der Waals surface area (Å²) >= 11 is 0. The normalized spacial score (nSPS) is 24.7. The molecule has 2 atom stereocenters. The highest BCUT2D eigenvalue weighted by atomic mass is 16.5. The number of benzene rings is 1. The molecule has 2 heterocycles. The Morgan fingerprint density at radius 1 is 1.36 bits per heavy atom. The smallest absolute Gasteiger partial charge is 0.230 e. The van der Waals surface area contributed by atoms with E-state index in [1.165, 1.54) is 0 Å². The van der Waals surface area contributed by atoms with Crippen LogP contribution in [0.3, 0.4) is 0 Å². The fourth-order valence-electron chi connectivity index (χ4n) is 4.15. The lowest BCUT2D eigenvalue weighted by Gasteiger charge is -2.35. The van der Waals surface area contributed by atoms with Gasteiger partial charge >= 0.3 is 0 Å². The lowest BCUT2D eigenvalue weighted by atomic mass is 9.78. The molecule has 0 saturated carbocycles. The largest absolute Gasteiger partial charge is 0.486 e. The number of hydrogen-bond acceptors (Lipinski definition) is 3. The van der Waals surface area contributed by atoms with Crippen LogP contribution in [0.25, 0.3) is 0 Å². The summed E-state index contributed by atoms with van der Waals surface area (Å²) < 4.78 is 6.18. The van der Waals surface area contributed by atoms with E-state index >= 15 is 0 Å². The highest BCUT2D eigenvalue weighted by molar-refractivity contribution is 5.85. The molecule has 0 fully saturated rings. The first kappa shape index (κ1) is 16.2. The quantitative estimate of drug-likeness (QED) is 0.867. The number of nitrogens with zero attached hydrogens (tertiary/aromatic N) is 2. The van der Waals surface area contributed by atoms with Gasteiger partial charge in [0, 0.05) is 23.4 Å². The van der Waals surface area contributed by atoms with Crippen LogP contribution < -0.4 is 4.74 Å². The summed E-state index contributed by atoms with van der Waals surface area (Å²) in [5.41, 5.74) is 2.83. The van der Waals surface area contributed by atoms with Crippen LogP contribution in [-0.2, 0) is 17.8 Å². The van der Waals surface area contributed by atoms with Gasteiger partial charge in [-0.15, -0.1) is 0 Å². The summed E-state index contributed by atoms with van der Waals surface area (Å²) in [5.74, 6) is 1.26. The van der Waals surface area contributed by atoms with Crippen molar-refractivity contribution in [3.8, 4) is 5.75 Å². The maximum absolute atomic E-state index is 13.5. The van der Waals surface area contributed by atoms with E-state index in [2.05, 4.69) is 17.1 Å². The SMILES string of the molecule is CC1CCc2[nH]ncc2C1C(=O)N1Cc2ccccc2OC(C)(C)C1. The van der Waals surface area contributed by atoms with Crippen molar-refractivity contribution in [2.24, 2.45) is 5.92 Å². The second kappa shape index (κ2) is 5.90. The third-order valence-electron chi connectivity index (χ3n) is 5.37. The zero-order chi connectivity index (χ0) is 17.6. The van der Waals surface area contributed by atoms with Crippen LogP contribution in [0.2, 0.25) is 0 Å². The van der Waals surface area contributed by atoms with Crippen molar-refractivity contribution in [1.29, 1.82) is 0 Å². The van der Waals surface area contributed by atoms with Gasteiger partial charge in [0.1, 0.15) is 11.4 Å². The number of para-hydroxylation sites is 1. The second-order valence-corrected chi connectivity index (χ2v) is 7.96. The monoisotopic (exact) mass is 339 g/mol. The molecule has 25 heavy (non-hydrogen) atoms. The van der Waals surface area contributed by atoms with Crippen LogP contribution >= 0.6 is 0 Å². The Bertz CT molecular complexity index is 796. The molecule has 1 aromatic carbocycles. The first-order valence-electron chi connectivity index (χ1n) is 9.02. The van der Waals surface area contributed by atoms with Gasteiger partial charge in [-0.05, 0) is 38.7 Å². The Hall–Kier alpha value is -2.30. The van der Waals surface area contributed by atoms with Crippen LogP contribution in [0.4, 0.5) is 0 Å². The first-order chi connectivity index (χ1) is 11.9. The predicted octanol–water partition coefficient (Wildman–Crippen LogP) is 3.28. The number of amides is 1. The molecule has 1 amide bonds. The minimum absolute atomic E-state index is 0.122. The van der Waals surface area contributed by atoms with Crippen molar-refractivity contribution < 1.29 is 9.53 Å². The maximum Gasteiger partial charge on any atom is 0.230 e. The molecule has 0 spiro atoms. The highest BCUT2D eigenvalue weighted by Crippen LogP contribution is 2.38. The zero-order valence-electron chi connectivity index (χ0n) is 15.1. The van der Waals surface area contributed by atoms with Crippen LogP contribution in [-0.4, -0.2) is 33.2 Å². The zero-order valence-corrected chi connectivity index (χ0v) is 15.1. The number of aromatic amines is 1. The molecule has 2 aromatic rings. The molecule has 5 heteroatoms. The number of aryl methyl sites for hydroxylation is 1. The van der Waals surface area contributed by atoms with E-state index < -0.39 is 5.60 Å². The van der Waals surface area contributed by atoms with Crippen molar-refractivity contribution >= 4 is 5.91 Å². The number of hydrogen-bond donors (Lipinski definition) is 1. The number of fused-ring (bicyclic) bond motifs is 2. The number of ether oxygens (including phenoxy) is 1. The second-order valence-electron chi connectivity index (χ2n) is 7.96. The van der Waals surface area contributed by atoms with Crippen molar-refractivity contribution in [2.45, 2.75) is 51.7 Å². The van der Waals surface area contributed by atoms with Crippen LogP contribution in [0.15, 0.2) is 30.5 Å². The summed E-state index contributed by atoms with van der Waals surface area (Å²) in [6, 6.07) is 8.01. The molecular formula is C20H25N3O2. The lowest BCUT2D eigenvalue weighted by molar-refractivity contribution is -0.136. The minimum Gasteiger partial charge on any atom is -0.486 e. The molecule has 1 N–H and O–H groups in total. The average molecular weight is 339 g/mol. The number of nitrogens with one attached hydrogen (secondary N) is 1. The number of rotatable bonds is 1. The average Bonchev–Trinajstić information content (AvgIpc) is 2.97. The number of aromatic nitrogens is 2. The summed E-state index contributed by atoms with van der Waals surface area (Å²) in [7, 11) is 0. The Morgan fingerprint density at radius 2 is 2.16 bits per heavy atom. The summed E-state index contributed by atoms with van der Waals surface area (Å²) in [5, 5.41) is 7.24. The third kappa shape index (κ3) is 2.92. The molecule has 132 valence electrons. The number of carbonyl (C=O) groups is 1. The molecule has 0 saturated heterocycles. The van der Waals surface area contributed by atoms with Crippen molar-refractivity contribution in [1.82, 2.24) is 15.1 Å². The topological polar surface area (TPSA) is 58.2 Å². The van der Waals surface area contributed by atoms with Crippen LogP contribution in [0.5, 0.6) is 5.75 Å². The fourth-order valence-corrected chi connectivity index (χ4v) is 4.15. The highest BCUT2D eigenvalue weighted by Gasteiger charge is 2.39. The molecular weight excluding hydrogens is 314 g/mol. The standard InChI is InChI=1S/C20H25N3O2/c1-13-8-9-16-15(10-21-22-16)18(13)19(24)23-11-14-6-4-5-7-17(14)25-20(2,3)12-23/h4-7,10,13,18H,8-9,11-12H2,1-3H3,(H,21,22). The molecule has 1 aromatic heterocycles. The number of H-pyrrole nitrogens is 1. The molecule has 0 radical (unpaired) electrons. The van der Waals surface area contributed by atoms with Crippen molar-refractivity contribution in [2.75, 3.05) is 6.54 Å². The van der Waals surface area contributed by atoms with E-state index in [9.17, 15) is 4.79 Å². The number of carbonyl (C=O) groups excluding carboxylic acids is 1. The first-order valence-corrected chi connectivity index (χ1v) is 9.02. The Balaban J connectivity index is 1.68. The Morgan fingerprint density at radius 3 is 3.00 bits per heavy atom. The van der Waals surface area contributed by atoms with Crippen LogP contribution in [0, 0.1) is 5.92 Å². The van der Waals surface area contributed by atoms with Gasteiger partial charge < -0.3 is 9.64 Å². The van der Waals surface area contributed by atoms with E-state index in [-0.39, 0.29) is 11.8 Å². The maximum atomic E-state index is 13.5. The molecule has 0 bridgehead atoms. The van der Waals surface area contributed by atoms with Crippen molar-refractivity contribution in [3.63, 3.8) is 0 Å². The van der Waals surface area contributed by atoms with Gasteiger partial charge in [-0.2, -0.15) is 5.10 Å². The van der Waals surface area contributed by atoms with E-state index in [1.54, 1.807) is 0 Å². The van der Waals surface area contributed by atoms with Crippen molar-refractivity contribution in [3.05, 3.63) is 47.3 Å². The predicted molar refractivity (Wildman–Crippen MR) is 95.4 cm³/mol. The van der Waals surface area contributed by atoms with Gasteiger partial charge in [-0.3, -0.25) is 9.89 Å². The summed E-state index contributed by atoms with van der Waals surface area (Å²) in [6.45, 7) is 7.43. The Labute approximate surface area is 148 Å². The third-order valence-corrected chi connectivity index (χ3v) is 5.37. The molecule has 2 aliphatic rings. The van der Waals surface area contributed by atoms with E-state index in [1.807, 2.05) is 49.2 Å². The van der Waals surface area contributed by atoms with Gasteiger partial charge in [0.2, 0.25) is 5.91 Å². The van der Waals surface area contributed by atoms with Gasteiger partial charge in [0.25, 0.3) is 0 Å². The lowest BCUT2D eigenvalue weighted by Crippen LogP contribution is -2.46. The van der Waals surface area contributed by atoms with Gasteiger partial charge in [-0.1, -0.05) is 25.1 Å². The molecule has 1 aliphatic heterocycles. The van der Waals surface area contributed by atoms with E-state index in [0.29, 0.717) is 19.0 Å². The summed E-state index contributed by atoms with van der Waals surface area (Å²) in [4.78, 5) is 15.5. The van der Waals surface area contributed by atoms with E-state index in [4.69, 9.17) is 4.74 Å². The Kier molecular flexibility index (Phi) is 3.82. The van der Waals surface area contributed by atoms with Gasteiger partial charge in [0.15, 0.2) is 0 Å². The minimum atomic E-state index is -0.417. The molecule has 2 unspecified atom stereocenters. The fraction of sp³-hybridized carbons (Fsp3) is 0.500. The van der Waals surface area contributed by atoms with Crippen LogP contribution in [0.1, 0.15) is 49.9 Å². The van der Waals surface area contributed by atoms with Gasteiger partial charge in [0.05, 0.1) is 18.7 Å². The molecule has 1 aliphatic carbocycles. The summed E-state index contributed by atoms with van der Waals surface area (Å²) in [6.07, 6.45) is 3.81.